The maximum Gasteiger partial charge on any atom is 0.325 e. The molecule has 0 aliphatic carbocycles. The molecule has 1 aromatic carbocycles. The number of carboxylic acid groups (broad SMARTS) is 1. The van der Waals surface area contributed by atoms with Gasteiger partial charge in [0, 0.05) is 24.7 Å². The van der Waals surface area contributed by atoms with Gasteiger partial charge in [-0.05, 0) is 37.3 Å². The van der Waals surface area contributed by atoms with Crippen molar-refractivity contribution in [2.24, 2.45) is 11.8 Å². The van der Waals surface area contributed by atoms with Crippen LogP contribution in [0.2, 0.25) is 0 Å². The highest BCUT2D eigenvalue weighted by atomic mass is 16.6. The first kappa shape index (κ1) is 18.7. The number of hydrogen-bond donors (Lipinski definition) is 2. The fraction of sp³-hybridized carbons (Fsp3) is 0.529. The summed E-state index contributed by atoms with van der Waals surface area (Å²) in [6, 6.07) is 3.21. The molecule has 0 saturated carbocycles. The summed E-state index contributed by atoms with van der Waals surface area (Å²) < 4.78 is 0. The molecule has 2 rings (SSSR count). The number of aliphatic carboxylic acids is 1. The molecule has 25 heavy (non-hydrogen) atoms. The molecular weight excluding hydrogens is 326 g/mol. The van der Waals surface area contributed by atoms with Crippen LogP contribution in [0.1, 0.15) is 37.6 Å². The van der Waals surface area contributed by atoms with Gasteiger partial charge >= 0.3 is 5.97 Å². The third kappa shape index (κ3) is 4.46. The first-order valence-electron chi connectivity index (χ1n) is 8.26. The number of nitrogens with zero attached hydrogens (tertiary/aromatic N) is 2. The molecule has 0 spiro atoms. The second-order valence-corrected chi connectivity index (χ2v) is 6.85. The van der Waals surface area contributed by atoms with Crippen molar-refractivity contribution in [2.45, 2.75) is 33.2 Å². The Morgan fingerprint density at radius 2 is 1.92 bits per heavy atom. The van der Waals surface area contributed by atoms with E-state index in [-0.39, 0.29) is 11.3 Å². The molecule has 0 aromatic heterocycles. The van der Waals surface area contributed by atoms with Crippen molar-refractivity contribution >= 4 is 23.3 Å². The van der Waals surface area contributed by atoms with Crippen LogP contribution < -0.4 is 10.2 Å². The summed E-state index contributed by atoms with van der Waals surface area (Å²) in [5.41, 5.74) is 0.421. The number of carbonyl (C=O) groups is 2. The fourth-order valence-electron chi connectivity index (χ4n) is 3.28. The summed E-state index contributed by atoms with van der Waals surface area (Å²) in [4.78, 5) is 35.9. The van der Waals surface area contributed by atoms with Crippen LogP contribution in [-0.2, 0) is 4.79 Å². The number of nitro benzene ring substituents is 1. The van der Waals surface area contributed by atoms with Crippen molar-refractivity contribution in [1.29, 1.82) is 0 Å². The van der Waals surface area contributed by atoms with E-state index in [0.29, 0.717) is 17.5 Å². The minimum absolute atomic E-state index is 0.0710. The fourth-order valence-corrected chi connectivity index (χ4v) is 3.28. The number of hydrogen-bond acceptors (Lipinski definition) is 5. The monoisotopic (exact) mass is 349 g/mol. The zero-order valence-corrected chi connectivity index (χ0v) is 14.6. The average Bonchev–Trinajstić information content (AvgIpc) is 2.53. The molecule has 1 saturated heterocycles. The van der Waals surface area contributed by atoms with Crippen molar-refractivity contribution < 1.29 is 19.6 Å². The third-order valence-corrected chi connectivity index (χ3v) is 4.36. The number of carbonyl (C=O) groups excluding carboxylic acids is 1. The van der Waals surface area contributed by atoms with Gasteiger partial charge in [0.05, 0.1) is 4.92 Å². The molecule has 8 nitrogen and oxygen atoms in total. The Kier molecular flexibility index (Phi) is 5.61. The lowest BCUT2D eigenvalue weighted by Crippen LogP contribution is -2.39. The van der Waals surface area contributed by atoms with E-state index in [9.17, 15) is 19.7 Å². The summed E-state index contributed by atoms with van der Waals surface area (Å²) in [6.07, 6.45) is 1.08. The van der Waals surface area contributed by atoms with E-state index in [1.54, 1.807) is 6.07 Å². The number of amides is 1. The maximum atomic E-state index is 12.1. The van der Waals surface area contributed by atoms with Crippen LogP contribution in [-0.4, -0.2) is 41.0 Å². The second-order valence-electron chi connectivity index (χ2n) is 6.85. The van der Waals surface area contributed by atoms with Crippen LogP contribution in [0.25, 0.3) is 0 Å². The quantitative estimate of drug-likeness (QED) is 0.623. The number of benzene rings is 1. The molecule has 1 fully saturated rings. The van der Waals surface area contributed by atoms with Crippen molar-refractivity contribution in [3.63, 3.8) is 0 Å². The van der Waals surface area contributed by atoms with Gasteiger partial charge in [-0.15, -0.1) is 0 Å². The van der Waals surface area contributed by atoms with E-state index >= 15 is 0 Å². The molecule has 1 heterocycles. The van der Waals surface area contributed by atoms with Crippen molar-refractivity contribution in [1.82, 2.24) is 5.32 Å². The van der Waals surface area contributed by atoms with E-state index in [1.165, 1.54) is 19.1 Å². The zero-order valence-electron chi connectivity index (χ0n) is 14.6. The predicted molar refractivity (Wildman–Crippen MR) is 92.8 cm³/mol. The number of nitrogens with one attached hydrogen (secondary N) is 1. The van der Waals surface area contributed by atoms with Gasteiger partial charge < -0.3 is 15.3 Å². The topological polar surface area (TPSA) is 113 Å². The minimum atomic E-state index is -1.17. The highest BCUT2D eigenvalue weighted by Gasteiger charge is 2.28. The van der Waals surface area contributed by atoms with E-state index in [4.69, 9.17) is 5.11 Å². The highest BCUT2D eigenvalue weighted by molar-refractivity contribution is 5.97. The van der Waals surface area contributed by atoms with Crippen molar-refractivity contribution in [3.8, 4) is 0 Å². The lowest BCUT2D eigenvalue weighted by atomic mass is 9.91. The van der Waals surface area contributed by atoms with Crippen LogP contribution in [0.3, 0.4) is 0 Å². The molecule has 8 heteroatoms. The molecule has 0 bridgehead atoms. The molecular formula is C17H23N3O5. The summed E-state index contributed by atoms with van der Waals surface area (Å²) in [5.74, 6) is -0.953. The zero-order chi connectivity index (χ0) is 18.7. The van der Waals surface area contributed by atoms with Gasteiger partial charge in [-0.25, -0.2) is 0 Å². The number of piperidine rings is 1. The molecule has 1 aliphatic heterocycles. The second kappa shape index (κ2) is 7.50. The van der Waals surface area contributed by atoms with Crippen LogP contribution in [0.5, 0.6) is 0 Å². The van der Waals surface area contributed by atoms with Crippen LogP contribution in [0.15, 0.2) is 18.2 Å². The SMILES string of the molecule is CC1CC(C)CN(c2ccc(C(=O)N[C@H](C)C(=O)O)cc2[N+](=O)[O-])C1. The molecule has 2 unspecified atom stereocenters. The van der Waals surface area contributed by atoms with Gasteiger partial charge in [0.1, 0.15) is 11.7 Å². The Morgan fingerprint density at radius 3 is 2.44 bits per heavy atom. The van der Waals surface area contributed by atoms with Crippen molar-refractivity contribution in [3.05, 3.63) is 33.9 Å². The van der Waals surface area contributed by atoms with Gasteiger partial charge in [0.25, 0.3) is 11.6 Å². The predicted octanol–water partition coefficient (Wildman–Crippen LogP) is 2.28. The Hall–Kier alpha value is -2.64. The largest absolute Gasteiger partial charge is 0.480 e. The molecule has 0 radical (unpaired) electrons. The summed E-state index contributed by atoms with van der Waals surface area (Å²) >= 11 is 0. The van der Waals surface area contributed by atoms with Crippen LogP contribution >= 0.6 is 0 Å². The average molecular weight is 349 g/mol. The number of rotatable bonds is 5. The Balaban J connectivity index is 2.30. The van der Waals surface area contributed by atoms with E-state index in [0.717, 1.165) is 19.5 Å². The lowest BCUT2D eigenvalue weighted by molar-refractivity contribution is -0.384. The van der Waals surface area contributed by atoms with E-state index in [1.807, 2.05) is 4.90 Å². The number of anilines is 1. The summed E-state index contributed by atoms with van der Waals surface area (Å²) in [5, 5.41) is 22.6. The Morgan fingerprint density at radius 1 is 1.32 bits per heavy atom. The first-order chi connectivity index (χ1) is 11.7. The smallest absolute Gasteiger partial charge is 0.325 e. The Bertz CT molecular complexity index is 681. The summed E-state index contributed by atoms with van der Waals surface area (Å²) in [7, 11) is 0. The van der Waals surface area contributed by atoms with Gasteiger partial charge in [-0.1, -0.05) is 13.8 Å². The normalized spacial score (nSPS) is 21.5. The van der Waals surface area contributed by atoms with E-state index < -0.39 is 22.8 Å². The lowest BCUT2D eigenvalue weighted by Gasteiger charge is -2.36. The third-order valence-electron chi connectivity index (χ3n) is 4.36. The van der Waals surface area contributed by atoms with Gasteiger partial charge in [-0.3, -0.25) is 19.7 Å². The molecule has 1 aromatic rings. The van der Waals surface area contributed by atoms with Crippen molar-refractivity contribution in [2.75, 3.05) is 18.0 Å². The number of nitro groups is 1. The number of carboxylic acids is 1. The van der Waals surface area contributed by atoms with Gasteiger partial charge in [0.2, 0.25) is 0 Å². The standard InChI is InChI=1S/C17H23N3O5/c1-10-6-11(2)9-19(8-10)14-5-4-13(7-15(14)20(24)25)16(21)18-12(3)17(22)23/h4-5,7,10-12H,6,8-9H2,1-3H3,(H,18,21)(H,22,23)/t10?,11?,12-/m1/s1. The summed E-state index contributed by atoms with van der Waals surface area (Å²) in [6.45, 7) is 7.02. The molecule has 3 atom stereocenters. The molecule has 1 amide bonds. The highest BCUT2D eigenvalue weighted by Crippen LogP contribution is 2.33. The molecule has 136 valence electrons. The Labute approximate surface area is 146 Å². The van der Waals surface area contributed by atoms with Crippen LogP contribution in [0.4, 0.5) is 11.4 Å². The van der Waals surface area contributed by atoms with Gasteiger partial charge in [-0.2, -0.15) is 0 Å². The van der Waals surface area contributed by atoms with E-state index in [2.05, 4.69) is 19.2 Å². The molecule has 1 aliphatic rings. The maximum absolute atomic E-state index is 12.1. The van der Waals surface area contributed by atoms with Crippen LogP contribution in [0, 0.1) is 22.0 Å². The first-order valence-corrected chi connectivity index (χ1v) is 8.26. The molecule has 2 N–H and O–H groups in total. The minimum Gasteiger partial charge on any atom is -0.480 e. The van der Waals surface area contributed by atoms with Gasteiger partial charge in [0.15, 0.2) is 0 Å².